The third-order valence-corrected chi connectivity index (χ3v) is 7.18. The van der Waals surface area contributed by atoms with Crippen LogP contribution >= 0.6 is 11.3 Å². The molecule has 0 atom stereocenters. The van der Waals surface area contributed by atoms with E-state index in [0.717, 1.165) is 42.1 Å². The van der Waals surface area contributed by atoms with Gasteiger partial charge in [-0.25, -0.2) is 0 Å². The number of anilines is 1. The van der Waals surface area contributed by atoms with Crippen molar-refractivity contribution in [2.24, 2.45) is 0 Å². The van der Waals surface area contributed by atoms with Gasteiger partial charge in [0.2, 0.25) is 11.8 Å². The van der Waals surface area contributed by atoms with E-state index in [9.17, 15) is 9.59 Å². The van der Waals surface area contributed by atoms with Gasteiger partial charge >= 0.3 is 0 Å². The second-order valence-corrected chi connectivity index (χ2v) is 9.54. The van der Waals surface area contributed by atoms with E-state index in [4.69, 9.17) is 0 Å². The molecule has 3 heterocycles. The molecule has 0 unspecified atom stereocenters. The van der Waals surface area contributed by atoms with E-state index in [1.54, 1.807) is 16.0 Å². The number of hydrogen-bond donors (Lipinski definition) is 1. The number of hydrogen-bond acceptors (Lipinski definition) is 5. The highest BCUT2D eigenvalue weighted by atomic mass is 32.1. The van der Waals surface area contributed by atoms with Crippen LogP contribution < -0.4 is 5.32 Å². The summed E-state index contributed by atoms with van der Waals surface area (Å²) in [5.74, 6) is 0.0737. The molecule has 2 aromatic heterocycles. The maximum atomic E-state index is 12.9. The number of carbonyl (C=O) groups excluding carboxylic acids is 2. The minimum Gasteiger partial charge on any atom is -0.340 e. The first-order chi connectivity index (χ1) is 16.6. The summed E-state index contributed by atoms with van der Waals surface area (Å²) in [6.07, 6.45) is 4.48. The van der Waals surface area contributed by atoms with E-state index < -0.39 is 0 Å². The minimum absolute atomic E-state index is 0.00743. The molecule has 0 radical (unpaired) electrons. The summed E-state index contributed by atoms with van der Waals surface area (Å²) in [5.41, 5.74) is 4.19. The van der Waals surface area contributed by atoms with Crippen LogP contribution in [-0.4, -0.2) is 64.1 Å². The summed E-state index contributed by atoms with van der Waals surface area (Å²) >= 11 is 1.64. The van der Waals surface area contributed by atoms with Gasteiger partial charge in [-0.1, -0.05) is 38.1 Å². The molecule has 0 saturated carbocycles. The van der Waals surface area contributed by atoms with E-state index in [2.05, 4.69) is 47.4 Å². The van der Waals surface area contributed by atoms with Gasteiger partial charge in [-0.3, -0.25) is 19.2 Å². The lowest BCUT2D eigenvalue weighted by atomic mass is 10.0. The van der Waals surface area contributed by atoms with Crippen LogP contribution in [0.3, 0.4) is 0 Å². The second-order valence-electron chi connectivity index (χ2n) is 8.59. The minimum atomic E-state index is 0.00743. The second kappa shape index (κ2) is 11.4. The fourth-order valence-corrected chi connectivity index (χ4v) is 5.10. The molecule has 0 bridgehead atoms. The number of thiophene rings is 1. The Morgan fingerprint density at radius 2 is 1.76 bits per heavy atom. The van der Waals surface area contributed by atoms with Crippen LogP contribution in [0.25, 0.3) is 10.6 Å². The molecule has 1 aromatic carbocycles. The van der Waals surface area contributed by atoms with Crippen LogP contribution in [0.4, 0.5) is 5.69 Å². The zero-order chi connectivity index (χ0) is 23.9. The van der Waals surface area contributed by atoms with Gasteiger partial charge in [-0.05, 0) is 47.9 Å². The number of aryl methyl sites for hydroxylation is 2. The first kappa shape index (κ1) is 24.2. The maximum Gasteiger partial charge on any atom is 0.244 e. The Kier molecular flexibility index (Phi) is 8.13. The Balaban J connectivity index is 1.29. The zero-order valence-corrected chi connectivity index (χ0v) is 20.8. The predicted octanol–water partition coefficient (Wildman–Crippen LogP) is 3.91. The Labute approximate surface area is 205 Å². The van der Waals surface area contributed by atoms with Crippen LogP contribution in [0, 0.1) is 0 Å². The van der Waals surface area contributed by atoms with E-state index in [-0.39, 0.29) is 18.4 Å². The SMILES string of the molecule is CCc1cccc(CC)c1NC(=O)CN1CCCN(C(=O)Cn2ccc(-c3cccs3)n2)CC1. The van der Waals surface area contributed by atoms with Crippen molar-refractivity contribution in [3.63, 3.8) is 0 Å². The monoisotopic (exact) mass is 479 g/mol. The highest BCUT2D eigenvalue weighted by Crippen LogP contribution is 2.23. The van der Waals surface area contributed by atoms with Crippen molar-refractivity contribution in [3.05, 3.63) is 59.1 Å². The normalized spacial score (nSPS) is 14.7. The average molecular weight is 480 g/mol. The number of carbonyl (C=O) groups is 2. The molecule has 1 N–H and O–H groups in total. The van der Waals surface area contributed by atoms with Crippen LogP contribution in [0.2, 0.25) is 0 Å². The third kappa shape index (κ3) is 5.93. The lowest BCUT2D eigenvalue weighted by Crippen LogP contribution is -2.39. The number of amides is 2. The van der Waals surface area contributed by atoms with Gasteiger partial charge in [0.05, 0.1) is 11.4 Å². The van der Waals surface area contributed by atoms with Crippen molar-refractivity contribution < 1.29 is 9.59 Å². The molecule has 4 rings (SSSR count). The molecule has 2 amide bonds. The fraction of sp³-hybridized carbons (Fsp3) is 0.423. The Morgan fingerprint density at radius 1 is 0.971 bits per heavy atom. The molecule has 7 nitrogen and oxygen atoms in total. The summed E-state index contributed by atoms with van der Waals surface area (Å²) in [7, 11) is 0. The smallest absolute Gasteiger partial charge is 0.244 e. The topological polar surface area (TPSA) is 70.5 Å². The Hall–Kier alpha value is -2.97. The average Bonchev–Trinajstić information content (AvgIpc) is 3.48. The van der Waals surface area contributed by atoms with Crippen molar-refractivity contribution in [2.45, 2.75) is 39.7 Å². The number of para-hydroxylation sites is 1. The van der Waals surface area contributed by atoms with E-state index in [1.165, 1.54) is 11.1 Å². The lowest BCUT2D eigenvalue weighted by molar-refractivity contribution is -0.131. The molecular formula is C26H33N5O2S. The summed E-state index contributed by atoms with van der Waals surface area (Å²) in [6.45, 7) is 7.61. The molecule has 180 valence electrons. The quantitative estimate of drug-likeness (QED) is 0.532. The molecule has 1 aliphatic heterocycles. The summed E-state index contributed by atoms with van der Waals surface area (Å²) in [4.78, 5) is 30.9. The van der Waals surface area contributed by atoms with E-state index in [1.807, 2.05) is 34.7 Å². The van der Waals surface area contributed by atoms with Crippen molar-refractivity contribution in [2.75, 3.05) is 38.0 Å². The van der Waals surface area contributed by atoms with Crippen LogP contribution in [0.15, 0.2) is 48.0 Å². The van der Waals surface area contributed by atoms with Crippen molar-refractivity contribution >= 4 is 28.8 Å². The van der Waals surface area contributed by atoms with Gasteiger partial charge in [-0.15, -0.1) is 11.3 Å². The molecule has 3 aromatic rings. The van der Waals surface area contributed by atoms with Crippen LogP contribution in [0.5, 0.6) is 0 Å². The summed E-state index contributed by atoms with van der Waals surface area (Å²) < 4.78 is 1.71. The van der Waals surface area contributed by atoms with Gasteiger partial charge in [0.1, 0.15) is 12.2 Å². The summed E-state index contributed by atoms with van der Waals surface area (Å²) in [5, 5.41) is 9.73. The fourth-order valence-electron chi connectivity index (χ4n) is 4.41. The largest absolute Gasteiger partial charge is 0.340 e. The Bertz CT molecular complexity index is 1090. The molecule has 1 aliphatic rings. The number of benzene rings is 1. The Morgan fingerprint density at radius 3 is 2.47 bits per heavy atom. The van der Waals surface area contributed by atoms with Gasteiger partial charge in [0.15, 0.2) is 0 Å². The molecule has 8 heteroatoms. The first-order valence-electron chi connectivity index (χ1n) is 12.1. The van der Waals surface area contributed by atoms with Crippen molar-refractivity contribution in [1.29, 1.82) is 0 Å². The van der Waals surface area contributed by atoms with Crippen molar-refractivity contribution in [1.82, 2.24) is 19.6 Å². The third-order valence-electron chi connectivity index (χ3n) is 6.28. The van der Waals surface area contributed by atoms with Crippen LogP contribution in [0.1, 0.15) is 31.4 Å². The van der Waals surface area contributed by atoms with E-state index >= 15 is 0 Å². The zero-order valence-electron chi connectivity index (χ0n) is 20.0. The lowest BCUT2D eigenvalue weighted by Gasteiger charge is -2.22. The van der Waals surface area contributed by atoms with Gasteiger partial charge < -0.3 is 10.2 Å². The van der Waals surface area contributed by atoms with Gasteiger partial charge in [0, 0.05) is 38.1 Å². The van der Waals surface area contributed by atoms with Crippen LogP contribution in [-0.2, 0) is 29.0 Å². The van der Waals surface area contributed by atoms with Gasteiger partial charge in [0.25, 0.3) is 0 Å². The molecule has 1 fully saturated rings. The molecule has 0 aliphatic carbocycles. The number of rotatable bonds is 8. The molecular weight excluding hydrogens is 446 g/mol. The maximum absolute atomic E-state index is 12.9. The highest BCUT2D eigenvalue weighted by molar-refractivity contribution is 7.13. The number of aromatic nitrogens is 2. The highest BCUT2D eigenvalue weighted by Gasteiger charge is 2.21. The number of nitrogens with one attached hydrogen (secondary N) is 1. The molecule has 34 heavy (non-hydrogen) atoms. The molecule has 1 saturated heterocycles. The predicted molar refractivity (Wildman–Crippen MR) is 137 cm³/mol. The summed E-state index contributed by atoms with van der Waals surface area (Å²) in [6, 6.07) is 12.2. The van der Waals surface area contributed by atoms with Crippen molar-refractivity contribution in [3.8, 4) is 10.6 Å². The first-order valence-corrected chi connectivity index (χ1v) is 12.9. The molecule has 0 spiro atoms. The van der Waals surface area contributed by atoms with E-state index in [0.29, 0.717) is 26.2 Å². The van der Waals surface area contributed by atoms with Gasteiger partial charge in [-0.2, -0.15) is 5.10 Å². The standard InChI is InChI=1S/C26H33N5O2S/c1-3-20-8-5-9-21(4-2)26(20)27-24(32)18-29-12-7-13-30(16-15-29)25(33)19-31-14-11-22(28-31)23-10-6-17-34-23/h5-6,8-11,14,17H,3-4,7,12-13,15-16,18-19H2,1-2H3,(H,27,32). The number of nitrogens with zero attached hydrogens (tertiary/aromatic N) is 4.